The van der Waals surface area contributed by atoms with E-state index < -0.39 is 48.5 Å². The Morgan fingerprint density at radius 1 is 1.57 bits per heavy atom. The molecule has 13 nitrogen and oxygen atoms in total. The molecule has 1 aliphatic rings. The number of ether oxygens (including phenoxy) is 2. The van der Waals surface area contributed by atoms with Crippen molar-refractivity contribution in [3.63, 3.8) is 0 Å². The zero-order chi connectivity index (χ0) is 20.4. The molecule has 0 radical (unpaired) electrons. The Labute approximate surface area is 165 Å². The summed E-state index contributed by atoms with van der Waals surface area (Å²) < 4.78 is 11.3. The summed E-state index contributed by atoms with van der Waals surface area (Å²) in [6.45, 7) is 2.69. The third kappa shape index (κ3) is 4.52. The van der Waals surface area contributed by atoms with Crippen molar-refractivity contribution in [2.45, 2.75) is 44.1 Å². The van der Waals surface area contributed by atoms with Crippen LogP contribution in [-0.4, -0.2) is 56.3 Å². The molecule has 0 unspecified atom stereocenters. The maximum atomic E-state index is 12.0. The largest absolute Gasteiger partial charge is 0.461 e. The van der Waals surface area contributed by atoms with Crippen LogP contribution in [0.15, 0.2) is 22.2 Å². The monoisotopic (exact) mass is 419 g/mol. The Balaban J connectivity index is 0.00000392. The molecule has 0 saturated carbocycles. The van der Waals surface area contributed by atoms with Gasteiger partial charge in [-0.3, -0.25) is 9.36 Å². The first-order valence-corrected chi connectivity index (χ1v) is 8.00. The van der Waals surface area contributed by atoms with Crippen LogP contribution in [0.5, 0.6) is 0 Å². The minimum Gasteiger partial charge on any atom is -0.461 e. The van der Waals surface area contributed by atoms with Crippen LogP contribution < -0.4 is 17.2 Å². The van der Waals surface area contributed by atoms with E-state index in [0.717, 1.165) is 4.57 Å². The van der Waals surface area contributed by atoms with Crippen molar-refractivity contribution in [3.05, 3.63) is 33.2 Å². The number of nitrogens with zero attached hydrogens (tertiary/aromatic N) is 5. The van der Waals surface area contributed by atoms with Gasteiger partial charge in [0.05, 0.1) is 0 Å². The quantitative estimate of drug-likeness (QED) is 0.193. The fraction of sp³-hybridized carbons (Fsp3) is 0.643. The first kappa shape index (κ1) is 23.6. The van der Waals surface area contributed by atoms with E-state index in [1.807, 2.05) is 0 Å². The second kappa shape index (κ2) is 9.19. The van der Waals surface area contributed by atoms with Gasteiger partial charge in [0.1, 0.15) is 30.7 Å². The molecule has 1 aliphatic heterocycles. The Morgan fingerprint density at radius 2 is 2.21 bits per heavy atom. The van der Waals surface area contributed by atoms with E-state index in [4.69, 9.17) is 26.5 Å². The van der Waals surface area contributed by atoms with E-state index in [1.165, 1.54) is 12.3 Å². The van der Waals surface area contributed by atoms with Crippen LogP contribution in [0.2, 0.25) is 0 Å². The Kier molecular flexibility index (Phi) is 7.75. The van der Waals surface area contributed by atoms with Crippen LogP contribution in [0.3, 0.4) is 0 Å². The average molecular weight is 420 g/mol. The number of hydrogen-bond donors (Lipinski definition) is 4. The van der Waals surface area contributed by atoms with Gasteiger partial charge in [-0.1, -0.05) is 19.0 Å². The van der Waals surface area contributed by atoms with E-state index in [-0.39, 0.29) is 24.1 Å². The highest BCUT2D eigenvalue weighted by Gasteiger charge is 2.56. The third-order valence-corrected chi connectivity index (χ3v) is 4.15. The number of nitrogen functional groups attached to an aromatic ring is 1. The molecule has 28 heavy (non-hydrogen) atoms. The summed E-state index contributed by atoms with van der Waals surface area (Å²) in [4.78, 5) is 30.0. The molecule has 2 heterocycles. The number of aromatic nitrogens is 2. The fourth-order valence-corrected chi connectivity index (χ4v) is 2.46. The van der Waals surface area contributed by atoms with Crippen LogP contribution in [0, 0.1) is 5.92 Å². The van der Waals surface area contributed by atoms with Gasteiger partial charge in [-0.25, -0.2) is 4.79 Å². The normalized spacial score (nSPS) is 27.6. The molecule has 0 bridgehead atoms. The fourth-order valence-electron chi connectivity index (χ4n) is 2.46. The Morgan fingerprint density at radius 3 is 2.75 bits per heavy atom. The van der Waals surface area contributed by atoms with Gasteiger partial charge in [0.2, 0.25) is 5.72 Å². The first-order chi connectivity index (χ1) is 12.6. The summed E-state index contributed by atoms with van der Waals surface area (Å²) in [5.41, 5.74) is 16.9. The number of aliphatic hydroxyl groups is 2. The number of anilines is 1. The van der Waals surface area contributed by atoms with Gasteiger partial charge < -0.3 is 31.2 Å². The van der Waals surface area contributed by atoms with E-state index in [0.29, 0.717) is 0 Å². The predicted molar refractivity (Wildman–Crippen MR) is 97.9 cm³/mol. The number of azide groups is 1. The van der Waals surface area contributed by atoms with Gasteiger partial charge in [-0.2, -0.15) is 4.98 Å². The van der Waals surface area contributed by atoms with Crippen molar-refractivity contribution in [3.8, 4) is 0 Å². The van der Waals surface area contributed by atoms with Gasteiger partial charge in [-0.05, 0) is 17.5 Å². The zero-order valence-corrected chi connectivity index (χ0v) is 15.9. The maximum absolute atomic E-state index is 12.0. The Bertz CT molecular complexity index is 814. The number of rotatable bonds is 6. The number of hydrogen-bond acceptors (Lipinski definition) is 10. The van der Waals surface area contributed by atoms with Crippen molar-refractivity contribution in [1.29, 1.82) is 0 Å². The molecule has 1 aromatic rings. The van der Waals surface area contributed by atoms with Gasteiger partial charge in [0, 0.05) is 11.1 Å². The highest BCUT2D eigenvalue weighted by molar-refractivity contribution is 5.85. The summed E-state index contributed by atoms with van der Waals surface area (Å²) >= 11 is 0. The molecule has 14 heteroatoms. The van der Waals surface area contributed by atoms with Crippen LogP contribution in [0.4, 0.5) is 5.82 Å². The molecule has 1 saturated heterocycles. The van der Waals surface area contributed by atoms with Gasteiger partial charge in [0.25, 0.3) is 0 Å². The molecule has 0 spiro atoms. The molecule has 0 aromatic carbocycles. The number of carbonyl (C=O) groups is 1. The second-order valence-electron chi connectivity index (χ2n) is 6.40. The van der Waals surface area contributed by atoms with Crippen molar-refractivity contribution in [2.75, 3.05) is 12.3 Å². The van der Waals surface area contributed by atoms with E-state index in [1.54, 1.807) is 13.8 Å². The minimum atomic E-state index is -2.16. The molecular weight excluding hydrogens is 398 g/mol. The lowest BCUT2D eigenvalue weighted by molar-refractivity contribution is -0.167. The van der Waals surface area contributed by atoms with Crippen LogP contribution >= 0.6 is 12.4 Å². The van der Waals surface area contributed by atoms with Crippen LogP contribution in [-0.2, 0) is 14.3 Å². The van der Waals surface area contributed by atoms with Crippen LogP contribution in [0.1, 0.15) is 20.1 Å². The number of esters is 1. The van der Waals surface area contributed by atoms with Crippen molar-refractivity contribution in [1.82, 2.24) is 9.55 Å². The van der Waals surface area contributed by atoms with Gasteiger partial charge >= 0.3 is 11.7 Å². The second-order valence-corrected chi connectivity index (χ2v) is 6.40. The summed E-state index contributed by atoms with van der Waals surface area (Å²) in [5, 5.41) is 24.0. The topological polar surface area (TPSA) is 212 Å². The molecule has 6 N–H and O–H groups in total. The highest BCUT2D eigenvalue weighted by Crippen LogP contribution is 2.38. The molecule has 2 rings (SSSR count). The summed E-state index contributed by atoms with van der Waals surface area (Å²) in [6, 6.07) is 0.329. The smallest absolute Gasteiger partial charge is 0.351 e. The molecule has 0 amide bonds. The summed E-state index contributed by atoms with van der Waals surface area (Å²) in [5.74, 6) is -1.08. The standard InChI is InChI=1S/C14H21N7O6.ClH/c1-6(2)8(16)12(24)26-5-14(19-20-17)10(23)9(22)11(27-14)21-4-3-7(15)18-13(21)25;/h3-4,6,8-11,22-23H,5,16H2,1-2H3,(H2,15,18,25);1H/t8-,9+,10-,11+,14+;/m0./s1. The molecule has 1 fully saturated rings. The van der Waals surface area contributed by atoms with E-state index >= 15 is 0 Å². The minimum absolute atomic E-state index is 0. The lowest BCUT2D eigenvalue weighted by Crippen LogP contribution is -2.47. The summed E-state index contributed by atoms with van der Waals surface area (Å²) in [7, 11) is 0. The van der Waals surface area contributed by atoms with Crippen molar-refractivity contribution >= 4 is 24.2 Å². The molecule has 5 atom stereocenters. The number of nitrogens with two attached hydrogens (primary N) is 2. The van der Waals surface area contributed by atoms with Crippen molar-refractivity contribution in [2.24, 2.45) is 16.8 Å². The van der Waals surface area contributed by atoms with Crippen molar-refractivity contribution < 1.29 is 24.5 Å². The molecular formula is C14H22ClN7O6. The van der Waals surface area contributed by atoms with E-state index in [2.05, 4.69) is 15.0 Å². The summed E-state index contributed by atoms with van der Waals surface area (Å²) in [6.07, 6.45) is -3.75. The van der Waals surface area contributed by atoms with E-state index in [9.17, 15) is 19.8 Å². The third-order valence-electron chi connectivity index (χ3n) is 4.15. The maximum Gasteiger partial charge on any atom is 0.351 e. The Hall–Kier alpha value is -2.41. The van der Waals surface area contributed by atoms with Crippen LogP contribution in [0.25, 0.3) is 10.4 Å². The molecule has 1 aromatic heterocycles. The molecule has 156 valence electrons. The molecule has 0 aliphatic carbocycles. The SMILES string of the molecule is CC(C)[C@H](N)C(=O)OC[C@@]1(N=[N+]=[N-])O[C@@H](n2ccc(N)nc2=O)[C@H](O)[C@@H]1O.Cl. The first-order valence-electron chi connectivity index (χ1n) is 8.00. The number of carbonyl (C=O) groups excluding carboxylic acids is 1. The lowest BCUT2D eigenvalue weighted by atomic mass is 10.0. The zero-order valence-electron chi connectivity index (χ0n) is 15.1. The highest BCUT2D eigenvalue weighted by atomic mass is 35.5. The number of aliphatic hydroxyl groups excluding tert-OH is 2. The average Bonchev–Trinajstić information content (AvgIpc) is 2.85. The lowest BCUT2D eigenvalue weighted by Gasteiger charge is -2.27. The van der Waals surface area contributed by atoms with Gasteiger partial charge in [0.15, 0.2) is 6.23 Å². The van der Waals surface area contributed by atoms with Gasteiger partial charge in [-0.15, -0.1) is 12.4 Å². The number of halogens is 1. The predicted octanol–water partition coefficient (Wildman–Crippen LogP) is -0.969.